The van der Waals surface area contributed by atoms with Gasteiger partial charge in [-0.25, -0.2) is 4.79 Å². The number of nitrogens with one attached hydrogen (secondary N) is 1. The van der Waals surface area contributed by atoms with Gasteiger partial charge >= 0.3 is 6.09 Å². The standard InChI is InChI=1S/C16H24N2O2/c1-12-4-6-14(7-5-12)10-18-9-13(2)8-15(11-18)17-16(19)20-3/h4-7,13,15H,8-11H2,1-3H3,(H,17,19). The van der Waals surface area contributed by atoms with Gasteiger partial charge in [0.2, 0.25) is 0 Å². The predicted octanol–water partition coefficient (Wildman–Crippen LogP) is 2.56. The third-order valence-corrected chi connectivity index (χ3v) is 3.77. The first-order chi connectivity index (χ1) is 9.56. The average molecular weight is 276 g/mol. The van der Waals surface area contributed by atoms with Gasteiger partial charge in [0, 0.05) is 25.7 Å². The van der Waals surface area contributed by atoms with E-state index >= 15 is 0 Å². The van der Waals surface area contributed by atoms with Crippen molar-refractivity contribution in [2.75, 3.05) is 20.2 Å². The second-order valence-electron chi connectivity index (χ2n) is 5.85. The Labute approximate surface area is 121 Å². The molecule has 1 N–H and O–H groups in total. The Balaban J connectivity index is 1.93. The van der Waals surface area contributed by atoms with E-state index in [0.717, 1.165) is 26.1 Å². The highest BCUT2D eigenvalue weighted by Crippen LogP contribution is 2.19. The number of aryl methyl sites for hydroxylation is 1. The molecule has 0 bridgehead atoms. The van der Waals surface area contributed by atoms with Crippen LogP contribution in [0.3, 0.4) is 0 Å². The second kappa shape index (κ2) is 6.75. The Hall–Kier alpha value is -1.55. The summed E-state index contributed by atoms with van der Waals surface area (Å²) in [6.45, 7) is 7.22. The van der Waals surface area contributed by atoms with Crippen molar-refractivity contribution in [3.8, 4) is 0 Å². The molecule has 4 nitrogen and oxygen atoms in total. The zero-order valence-corrected chi connectivity index (χ0v) is 12.6. The number of alkyl carbamates (subject to hydrolysis) is 1. The number of amides is 1. The molecule has 1 heterocycles. The lowest BCUT2D eigenvalue weighted by Gasteiger charge is -2.36. The van der Waals surface area contributed by atoms with Crippen LogP contribution in [0.25, 0.3) is 0 Å². The molecule has 1 fully saturated rings. The quantitative estimate of drug-likeness (QED) is 0.922. The largest absolute Gasteiger partial charge is 0.453 e. The summed E-state index contributed by atoms with van der Waals surface area (Å²) >= 11 is 0. The summed E-state index contributed by atoms with van der Waals surface area (Å²) in [5.74, 6) is 0.580. The molecule has 1 aliphatic heterocycles. The molecule has 110 valence electrons. The molecule has 1 aliphatic rings. The van der Waals surface area contributed by atoms with E-state index in [-0.39, 0.29) is 12.1 Å². The van der Waals surface area contributed by atoms with Gasteiger partial charge in [-0.05, 0) is 24.8 Å². The maximum atomic E-state index is 11.3. The molecule has 2 unspecified atom stereocenters. The molecular formula is C16H24N2O2. The van der Waals surface area contributed by atoms with E-state index in [4.69, 9.17) is 0 Å². The van der Waals surface area contributed by atoms with Gasteiger partial charge in [0.1, 0.15) is 0 Å². The highest BCUT2D eigenvalue weighted by Gasteiger charge is 2.26. The molecule has 2 atom stereocenters. The Bertz CT molecular complexity index is 444. The Kier molecular flexibility index (Phi) is 5.01. The van der Waals surface area contributed by atoms with E-state index in [1.165, 1.54) is 18.2 Å². The van der Waals surface area contributed by atoms with Crippen LogP contribution in [0.2, 0.25) is 0 Å². The maximum absolute atomic E-state index is 11.3. The van der Waals surface area contributed by atoms with Crippen molar-refractivity contribution in [1.82, 2.24) is 10.2 Å². The topological polar surface area (TPSA) is 41.6 Å². The summed E-state index contributed by atoms with van der Waals surface area (Å²) < 4.78 is 4.69. The van der Waals surface area contributed by atoms with Gasteiger partial charge in [-0.2, -0.15) is 0 Å². The number of likely N-dealkylation sites (tertiary alicyclic amines) is 1. The molecule has 1 amide bonds. The molecule has 0 aliphatic carbocycles. The number of rotatable bonds is 3. The number of hydrogen-bond donors (Lipinski definition) is 1. The number of methoxy groups -OCH3 is 1. The molecule has 0 saturated carbocycles. The van der Waals surface area contributed by atoms with Crippen LogP contribution in [0, 0.1) is 12.8 Å². The Morgan fingerprint density at radius 1 is 1.35 bits per heavy atom. The monoisotopic (exact) mass is 276 g/mol. The number of benzene rings is 1. The summed E-state index contributed by atoms with van der Waals surface area (Å²) in [7, 11) is 1.41. The highest BCUT2D eigenvalue weighted by atomic mass is 16.5. The van der Waals surface area contributed by atoms with Crippen molar-refractivity contribution >= 4 is 6.09 Å². The zero-order chi connectivity index (χ0) is 14.5. The molecule has 0 aromatic heterocycles. The van der Waals surface area contributed by atoms with Crippen LogP contribution in [0.4, 0.5) is 4.79 Å². The molecule has 0 spiro atoms. The van der Waals surface area contributed by atoms with Crippen LogP contribution in [-0.4, -0.2) is 37.2 Å². The van der Waals surface area contributed by atoms with Crippen molar-refractivity contribution in [1.29, 1.82) is 0 Å². The maximum Gasteiger partial charge on any atom is 0.407 e. The smallest absolute Gasteiger partial charge is 0.407 e. The first-order valence-corrected chi connectivity index (χ1v) is 7.19. The third kappa shape index (κ3) is 4.23. The molecule has 1 aromatic carbocycles. The van der Waals surface area contributed by atoms with Crippen molar-refractivity contribution < 1.29 is 9.53 Å². The first kappa shape index (κ1) is 14.9. The van der Waals surface area contributed by atoms with Crippen LogP contribution >= 0.6 is 0 Å². The van der Waals surface area contributed by atoms with E-state index in [1.807, 2.05) is 0 Å². The fourth-order valence-corrected chi connectivity index (χ4v) is 2.87. The van der Waals surface area contributed by atoms with E-state index in [1.54, 1.807) is 0 Å². The molecule has 1 saturated heterocycles. The van der Waals surface area contributed by atoms with Crippen molar-refractivity contribution in [2.24, 2.45) is 5.92 Å². The molecule has 4 heteroatoms. The Morgan fingerprint density at radius 2 is 2.05 bits per heavy atom. The normalized spacial score (nSPS) is 23.4. The lowest BCUT2D eigenvalue weighted by molar-refractivity contribution is 0.126. The van der Waals surface area contributed by atoms with Crippen molar-refractivity contribution in [2.45, 2.75) is 32.9 Å². The molecule has 20 heavy (non-hydrogen) atoms. The van der Waals surface area contributed by atoms with Crippen LogP contribution in [0.5, 0.6) is 0 Å². The van der Waals surface area contributed by atoms with E-state index in [2.05, 4.69) is 53.1 Å². The van der Waals surface area contributed by atoms with Crippen LogP contribution in [-0.2, 0) is 11.3 Å². The minimum atomic E-state index is -0.334. The minimum Gasteiger partial charge on any atom is -0.453 e. The van der Waals surface area contributed by atoms with Gasteiger partial charge in [0.15, 0.2) is 0 Å². The lowest BCUT2D eigenvalue weighted by atomic mass is 9.95. The molecule has 2 rings (SSSR count). The number of nitrogens with zero attached hydrogens (tertiary/aromatic N) is 1. The fraction of sp³-hybridized carbons (Fsp3) is 0.562. The number of ether oxygens (including phenoxy) is 1. The molecule has 0 radical (unpaired) electrons. The number of hydrogen-bond acceptors (Lipinski definition) is 3. The van der Waals surface area contributed by atoms with Gasteiger partial charge < -0.3 is 10.1 Å². The van der Waals surface area contributed by atoms with Crippen LogP contribution in [0.15, 0.2) is 24.3 Å². The van der Waals surface area contributed by atoms with E-state index < -0.39 is 0 Å². The number of carbonyl (C=O) groups is 1. The molecular weight excluding hydrogens is 252 g/mol. The average Bonchev–Trinajstić information content (AvgIpc) is 2.40. The van der Waals surface area contributed by atoms with Gasteiger partial charge in [-0.3, -0.25) is 4.90 Å². The lowest BCUT2D eigenvalue weighted by Crippen LogP contribution is -2.49. The third-order valence-electron chi connectivity index (χ3n) is 3.77. The summed E-state index contributed by atoms with van der Waals surface area (Å²) in [5, 5.41) is 2.92. The van der Waals surface area contributed by atoms with Crippen molar-refractivity contribution in [3.05, 3.63) is 35.4 Å². The van der Waals surface area contributed by atoms with E-state index in [9.17, 15) is 4.79 Å². The Morgan fingerprint density at radius 3 is 2.70 bits per heavy atom. The zero-order valence-electron chi connectivity index (χ0n) is 12.6. The van der Waals surface area contributed by atoms with Crippen LogP contribution in [0.1, 0.15) is 24.5 Å². The first-order valence-electron chi connectivity index (χ1n) is 7.19. The summed E-state index contributed by atoms with van der Waals surface area (Å²) in [5.41, 5.74) is 2.60. The number of carbonyl (C=O) groups excluding carboxylic acids is 1. The van der Waals surface area contributed by atoms with E-state index in [0.29, 0.717) is 5.92 Å². The molecule has 1 aromatic rings. The second-order valence-corrected chi connectivity index (χ2v) is 5.85. The van der Waals surface area contributed by atoms with Gasteiger partial charge in [-0.15, -0.1) is 0 Å². The highest BCUT2D eigenvalue weighted by molar-refractivity contribution is 5.67. The minimum absolute atomic E-state index is 0.177. The van der Waals surface area contributed by atoms with Gasteiger partial charge in [0.25, 0.3) is 0 Å². The summed E-state index contributed by atoms with van der Waals surface area (Å²) in [4.78, 5) is 13.7. The van der Waals surface area contributed by atoms with Crippen LogP contribution < -0.4 is 5.32 Å². The fourth-order valence-electron chi connectivity index (χ4n) is 2.87. The SMILES string of the molecule is COC(=O)NC1CC(C)CN(Cc2ccc(C)cc2)C1. The predicted molar refractivity (Wildman–Crippen MR) is 79.6 cm³/mol. The summed E-state index contributed by atoms with van der Waals surface area (Å²) in [6, 6.07) is 8.82. The number of piperidine rings is 1. The van der Waals surface area contributed by atoms with Gasteiger partial charge in [0.05, 0.1) is 7.11 Å². The van der Waals surface area contributed by atoms with Crippen molar-refractivity contribution in [3.63, 3.8) is 0 Å². The summed E-state index contributed by atoms with van der Waals surface area (Å²) in [6.07, 6.45) is 0.679. The van der Waals surface area contributed by atoms with Gasteiger partial charge in [-0.1, -0.05) is 36.8 Å².